The van der Waals surface area contributed by atoms with Crippen molar-refractivity contribution >= 4 is 5.91 Å². The monoisotopic (exact) mass is 302 g/mol. The Morgan fingerprint density at radius 3 is 3.09 bits per heavy atom. The molecule has 5 heteroatoms. The normalized spacial score (nSPS) is 26.9. The molecule has 0 aliphatic carbocycles. The van der Waals surface area contributed by atoms with Crippen molar-refractivity contribution in [3.8, 4) is 0 Å². The number of nitrogens with one attached hydrogen (secondary N) is 1. The summed E-state index contributed by atoms with van der Waals surface area (Å²) in [5.41, 5.74) is 1.19. The molecule has 2 atom stereocenters. The number of carbonyl (C=O) groups excluding carboxylic acids is 1. The van der Waals surface area contributed by atoms with Gasteiger partial charge in [0, 0.05) is 50.7 Å². The van der Waals surface area contributed by atoms with Crippen LogP contribution >= 0.6 is 0 Å². The third kappa shape index (κ3) is 3.47. The summed E-state index contributed by atoms with van der Waals surface area (Å²) < 4.78 is 0. The van der Waals surface area contributed by atoms with Crippen molar-refractivity contribution in [2.45, 2.75) is 38.3 Å². The van der Waals surface area contributed by atoms with Gasteiger partial charge in [0.15, 0.2) is 0 Å². The number of hydrogen-bond acceptors (Lipinski definition) is 4. The maximum absolute atomic E-state index is 12.7. The van der Waals surface area contributed by atoms with Gasteiger partial charge in [0.05, 0.1) is 6.54 Å². The molecule has 3 rings (SSSR count). The van der Waals surface area contributed by atoms with Gasteiger partial charge in [0.1, 0.15) is 0 Å². The van der Waals surface area contributed by atoms with Gasteiger partial charge in [-0.05, 0) is 37.8 Å². The zero-order valence-corrected chi connectivity index (χ0v) is 13.4. The third-order valence-electron chi connectivity index (χ3n) is 4.89. The fraction of sp³-hybridized carbons (Fsp3) is 0.647. The lowest BCUT2D eigenvalue weighted by Crippen LogP contribution is -2.52. The second-order valence-electron chi connectivity index (χ2n) is 6.41. The van der Waals surface area contributed by atoms with Crippen LogP contribution < -0.4 is 5.32 Å². The first-order valence-electron chi connectivity index (χ1n) is 8.40. The van der Waals surface area contributed by atoms with Gasteiger partial charge in [0.2, 0.25) is 5.91 Å². The van der Waals surface area contributed by atoms with Crippen molar-refractivity contribution in [2.75, 3.05) is 32.7 Å². The Labute approximate surface area is 132 Å². The van der Waals surface area contributed by atoms with Gasteiger partial charge >= 0.3 is 0 Å². The number of nitrogens with zero attached hydrogens (tertiary/aromatic N) is 3. The number of rotatable bonds is 3. The van der Waals surface area contributed by atoms with Crippen LogP contribution in [0.5, 0.6) is 0 Å². The zero-order valence-electron chi connectivity index (χ0n) is 13.4. The summed E-state index contributed by atoms with van der Waals surface area (Å²) >= 11 is 0. The molecule has 2 aliphatic heterocycles. The SMILES string of the molecule is CC1CCCCN1C(=O)CN1CCNCC1c1cccnc1. The first-order chi connectivity index (χ1) is 10.8. The molecule has 2 fully saturated rings. The average molecular weight is 302 g/mol. The van der Waals surface area contributed by atoms with Gasteiger partial charge < -0.3 is 10.2 Å². The summed E-state index contributed by atoms with van der Waals surface area (Å²) in [6.45, 7) is 6.35. The van der Waals surface area contributed by atoms with E-state index < -0.39 is 0 Å². The molecule has 0 bridgehead atoms. The van der Waals surface area contributed by atoms with Crippen LogP contribution in [-0.4, -0.2) is 59.5 Å². The van der Waals surface area contributed by atoms with Crippen molar-refractivity contribution in [3.05, 3.63) is 30.1 Å². The van der Waals surface area contributed by atoms with Gasteiger partial charge in [-0.3, -0.25) is 14.7 Å². The van der Waals surface area contributed by atoms with E-state index in [1.807, 2.05) is 12.3 Å². The van der Waals surface area contributed by atoms with E-state index in [2.05, 4.69) is 33.1 Å². The quantitative estimate of drug-likeness (QED) is 0.917. The van der Waals surface area contributed by atoms with E-state index in [1.54, 1.807) is 6.20 Å². The minimum absolute atomic E-state index is 0.242. The van der Waals surface area contributed by atoms with Crippen LogP contribution in [0.2, 0.25) is 0 Å². The predicted molar refractivity (Wildman–Crippen MR) is 86.4 cm³/mol. The third-order valence-corrected chi connectivity index (χ3v) is 4.89. The average Bonchev–Trinajstić information content (AvgIpc) is 2.56. The lowest BCUT2D eigenvalue weighted by Gasteiger charge is -2.39. The van der Waals surface area contributed by atoms with Crippen molar-refractivity contribution in [3.63, 3.8) is 0 Å². The summed E-state index contributed by atoms with van der Waals surface area (Å²) in [5, 5.41) is 3.43. The molecule has 2 aliphatic rings. The van der Waals surface area contributed by atoms with E-state index in [9.17, 15) is 4.79 Å². The maximum Gasteiger partial charge on any atom is 0.237 e. The van der Waals surface area contributed by atoms with E-state index in [-0.39, 0.29) is 11.9 Å². The molecule has 2 saturated heterocycles. The molecule has 120 valence electrons. The standard InChI is InChI=1S/C17H26N4O/c1-14-5-2-3-9-21(14)17(22)13-20-10-8-19-12-16(20)15-6-4-7-18-11-15/h4,6-7,11,14,16,19H,2-3,5,8-10,12-13H2,1H3. The topological polar surface area (TPSA) is 48.5 Å². The van der Waals surface area contributed by atoms with Crippen LogP contribution in [-0.2, 0) is 4.79 Å². The van der Waals surface area contributed by atoms with Crippen molar-refractivity contribution in [1.82, 2.24) is 20.1 Å². The van der Waals surface area contributed by atoms with Gasteiger partial charge in [-0.15, -0.1) is 0 Å². The van der Waals surface area contributed by atoms with Crippen LogP contribution in [0.1, 0.15) is 37.8 Å². The van der Waals surface area contributed by atoms with E-state index in [1.165, 1.54) is 12.0 Å². The number of aromatic nitrogens is 1. The Balaban J connectivity index is 1.67. The lowest BCUT2D eigenvalue weighted by molar-refractivity contribution is -0.136. The minimum Gasteiger partial charge on any atom is -0.339 e. The number of hydrogen-bond donors (Lipinski definition) is 1. The molecule has 1 aromatic heterocycles. The number of amides is 1. The Hall–Kier alpha value is -1.46. The van der Waals surface area contributed by atoms with Gasteiger partial charge in [-0.2, -0.15) is 0 Å². The van der Waals surface area contributed by atoms with Crippen LogP contribution in [0.3, 0.4) is 0 Å². The minimum atomic E-state index is 0.242. The van der Waals surface area contributed by atoms with Crippen LogP contribution in [0, 0.1) is 0 Å². The number of likely N-dealkylation sites (tertiary alicyclic amines) is 1. The Bertz CT molecular complexity index is 493. The molecule has 1 amide bonds. The van der Waals surface area contributed by atoms with Crippen molar-refractivity contribution in [1.29, 1.82) is 0 Å². The summed E-state index contributed by atoms with van der Waals surface area (Å²) in [7, 11) is 0. The first-order valence-corrected chi connectivity index (χ1v) is 8.40. The van der Waals surface area contributed by atoms with Crippen LogP contribution in [0.4, 0.5) is 0 Å². The van der Waals surface area contributed by atoms with Gasteiger partial charge in [0.25, 0.3) is 0 Å². The molecule has 3 heterocycles. The molecule has 0 spiro atoms. The highest BCUT2D eigenvalue weighted by Gasteiger charge is 2.29. The van der Waals surface area contributed by atoms with E-state index in [0.29, 0.717) is 12.6 Å². The fourth-order valence-electron chi connectivity index (χ4n) is 3.57. The van der Waals surface area contributed by atoms with Gasteiger partial charge in [-0.25, -0.2) is 0 Å². The lowest BCUT2D eigenvalue weighted by atomic mass is 10.0. The smallest absolute Gasteiger partial charge is 0.237 e. The molecular formula is C17H26N4O. The Morgan fingerprint density at radius 2 is 2.32 bits per heavy atom. The molecule has 0 radical (unpaired) electrons. The second-order valence-corrected chi connectivity index (χ2v) is 6.41. The van der Waals surface area contributed by atoms with Crippen LogP contribution in [0.25, 0.3) is 0 Å². The molecule has 0 aromatic carbocycles. The number of carbonyl (C=O) groups is 1. The molecular weight excluding hydrogens is 276 g/mol. The molecule has 1 aromatic rings. The molecule has 22 heavy (non-hydrogen) atoms. The van der Waals surface area contributed by atoms with Crippen molar-refractivity contribution < 1.29 is 4.79 Å². The summed E-state index contributed by atoms with van der Waals surface area (Å²) in [5.74, 6) is 0.281. The van der Waals surface area contributed by atoms with Crippen LogP contribution in [0.15, 0.2) is 24.5 Å². The van der Waals surface area contributed by atoms with E-state index in [4.69, 9.17) is 0 Å². The fourth-order valence-corrected chi connectivity index (χ4v) is 3.57. The molecule has 5 nitrogen and oxygen atoms in total. The predicted octanol–water partition coefficient (Wildman–Crippen LogP) is 1.43. The number of piperazine rings is 1. The van der Waals surface area contributed by atoms with Gasteiger partial charge in [-0.1, -0.05) is 6.07 Å². The van der Waals surface area contributed by atoms with E-state index >= 15 is 0 Å². The van der Waals surface area contributed by atoms with E-state index in [0.717, 1.165) is 39.0 Å². The summed E-state index contributed by atoms with van der Waals surface area (Å²) in [6, 6.07) is 4.70. The Morgan fingerprint density at radius 1 is 1.41 bits per heavy atom. The number of piperidine rings is 1. The molecule has 1 N–H and O–H groups in total. The summed E-state index contributed by atoms with van der Waals surface area (Å²) in [4.78, 5) is 21.3. The molecule has 2 unspecified atom stereocenters. The highest BCUT2D eigenvalue weighted by Crippen LogP contribution is 2.22. The van der Waals surface area contributed by atoms with Crippen molar-refractivity contribution in [2.24, 2.45) is 0 Å². The Kier molecular flexibility index (Phi) is 5.05. The second kappa shape index (κ2) is 7.20. The highest BCUT2D eigenvalue weighted by atomic mass is 16.2. The summed E-state index contributed by atoms with van der Waals surface area (Å²) in [6.07, 6.45) is 7.24. The zero-order chi connectivity index (χ0) is 15.4. The maximum atomic E-state index is 12.7. The highest BCUT2D eigenvalue weighted by molar-refractivity contribution is 5.78. The molecule has 0 saturated carbocycles. The number of pyridine rings is 1. The first kappa shape index (κ1) is 15.4. The largest absolute Gasteiger partial charge is 0.339 e.